The van der Waals surface area contributed by atoms with Gasteiger partial charge in [-0.25, -0.2) is 4.39 Å². The molecule has 1 heterocycles. The highest BCUT2D eigenvalue weighted by atomic mass is 19.1. The Hall–Kier alpha value is -2.09. The maximum atomic E-state index is 13.3. The van der Waals surface area contributed by atoms with Crippen LogP contribution in [0.3, 0.4) is 0 Å². The summed E-state index contributed by atoms with van der Waals surface area (Å²) in [6, 6.07) is 8.41. The van der Waals surface area contributed by atoms with Crippen molar-refractivity contribution >= 4 is 0 Å². The summed E-state index contributed by atoms with van der Waals surface area (Å²) in [5, 5.41) is 8.78. The summed E-state index contributed by atoms with van der Waals surface area (Å²) in [7, 11) is 1.96. The zero-order valence-corrected chi connectivity index (χ0v) is 12.2. The lowest BCUT2D eigenvalue weighted by atomic mass is 10.1. The van der Waals surface area contributed by atoms with Crippen molar-refractivity contribution < 1.29 is 13.9 Å². The van der Waals surface area contributed by atoms with Crippen molar-refractivity contribution in [2.75, 3.05) is 13.7 Å². The maximum Gasteiger partial charge on any atom is 0.124 e. The van der Waals surface area contributed by atoms with Crippen molar-refractivity contribution in [3.8, 4) is 11.8 Å². The molecule has 0 unspecified atom stereocenters. The van der Waals surface area contributed by atoms with Crippen molar-refractivity contribution in [3.05, 3.63) is 58.8 Å². The molecule has 0 amide bonds. The van der Waals surface area contributed by atoms with E-state index in [0.29, 0.717) is 18.7 Å². The van der Waals surface area contributed by atoms with Gasteiger partial charge < -0.3 is 9.52 Å². The molecule has 0 aliphatic rings. The first kappa shape index (κ1) is 15.3. The number of nitrogens with zero attached hydrogens (tertiary/aromatic N) is 1. The highest BCUT2D eigenvalue weighted by Crippen LogP contribution is 2.15. The fourth-order valence-electron chi connectivity index (χ4n) is 2.12. The average Bonchev–Trinajstić information content (AvgIpc) is 2.84. The molecule has 0 aliphatic heterocycles. The lowest BCUT2D eigenvalue weighted by molar-refractivity contribution is 0.285. The Bertz CT molecular complexity index is 667. The Kier molecular flexibility index (Phi) is 5.15. The van der Waals surface area contributed by atoms with Crippen LogP contribution in [0.5, 0.6) is 0 Å². The van der Waals surface area contributed by atoms with Crippen molar-refractivity contribution in [2.45, 2.75) is 20.0 Å². The van der Waals surface area contributed by atoms with Crippen LogP contribution in [-0.4, -0.2) is 23.7 Å². The van der Waals surface area contributed by atoms with Crippen molar-refractivity contribution in [1.82, 2.24) is 4.90 Å². The predicted molar refractivity (Wildman–Crippen MR) is 79.0 cm³/mol. The van der Waals surface area contributed by atoms with Gasteiger partial charge in [0.2, 0.25) is 0 Å². The van der Waals surface area contributed by atoms with Gasteiger partial charge in [-0.15, -0.1) is 0 Å². The molecule has 2 aromatic rings. The van der Waals surface area contributed by atoms with Gasteiger partial charge in [0.25, 0.3) is 0 Å². The second kappa shape index (κ2) is 7.07. The first-order valence-electron chi connectivity index (χ1n) is 6.70. The molecule has 0 saturated heterocycles. The number of hydrogen-bond donors (Lipinski definition) is 1. The minimum absolute atomic E-state index is 0.239. The van der Waals surface area contributed by atoms with Crippen molar-refractivity contribution in [1.29, 1.82) is 0 Å². The monoisotopic (exact) mass is 287 g/mol. The molecule has 21 heavy (non-hydrogen) atoms. The minimum atomic E-state index is -0.328. The molecule has 0 aliphatic carbocycles. The SMILES string of the molecule is Cc1ccc(CN(C)Cc2ccc(F)cc2C#CCO)o1. The summed E-state index contributed by atoms with van der Waals surface area (Å²) in [6.45, 7) is 2.96. The van der Waals surface area contributed by atoms with Crippen LogP contribution in [0.15, 0.2) is 34.7 Å². The average molecular weight is 287 g/mol. The molecule has 1 N–H and O–H groups in total. The number of furan rings is 1. The van der Waals surface area contributed by atoms with E-state index in [1.165, 1.54) is 12.1 Å². The van der Waals surface area contributed by atoms with Crippen LogP contribution in [0, 0.1) is 24.6 Å². The number of aliphatic hydroxyl groups excluding tert-OH is 1. The molecule has 0 bridgehead atoms. The molecule has 3 nitrogen and oxygen atoms in total. The third-order valence-corrected chi connectivity index (χ3v) is 3.04. The van der Waals surface area contributed by atoms with Gasteiger partial charge >= 0.3 is 0 Å². The van der Waals surface area contributed by atoms with Gasteiger partial charge in [-0.3, -0.25) is 4.90 Å². The first-order valence-corrected chi connectivity index (χ1v) is 6.70. The molecule has 0 saturated carbocycles. The Morgan fingerprint density at radius 3 is 2.71 bits per heavy atom. The number of aryl methyl sites for hydroxylation is 1. The normalized spacial score (nSPS) is 10.5. The van der Waals surface area contributed by atoms with Gasteiger partial charge in [0.05, 0.1) is 6.54 Å². The van der Waals surface area contributed by atoms with Gasteiger partial charge in [0, 0.05) is 12.1 Å². The second-order valence-corrected chi connectivity index (χ2v) is 4.95. The lowest BCUT2D eigenvalue weighted by Gasteiger charge is -2.16. The lowest BCUT2D eigenvalue weighted by Crippen LogP contribution is -2.17. The molecule has 2 rings (SSSR count). The van der Waals surface area contributed by atoms with Crippen LogP contribution >= 0.6 is 0 Å². The number of rotatable bonds is 4. The van der Waals surface area contributed by atoms with E-state index in [2.05, 4.69) is 16.7 Å². The molecule has 1 aromatic heterocycles. The summed E-state index contributed by atoms with van der Waals surface area (Å²) < 4.78 is 18.8. The Morgan fingerprint density at radius 1 is 1.24 bits per heavy atom. The van der Waals surface area contributed by atoms with E-state index in [1.54, 1.807) is 6.07 Å². The molecule has 4 heteroatoms. The summed E-state index contributed by atoms with van der Waals surface area (Å²) in [5.74, 6) is 6.79. The van der Waals surface area contributed by atoms with Gasteiger partial charge in [-0.2, -0.15) is 0 Å². The fourth-order valence-corrected chi connectivity index (χ4v) is 2.12. The van der Waals surface area contributed by atoms with Gasteiger partial charge in [0.15, 0.2) is 0 Å². The summed E-state index contributed by atoms with van der Waals surface area (Å²) in [6.07, 6.45) is 0. The summed E-state index contributed by atoms with van der Waals surface area (Å²) >= 11 is 0. The van der Waals surface area contributed by atoms with Crippen LogP contribution in [0.2, 0.25) is 0 Å². The molecule has 1 aromatic carbocycles. The van der Waals surface area contributed by atoms with Crippen LogP contribution in [0.4, 0.5) is 4.39 Å². The molecular weight excluding hydrogens is 269 g/mol. The maximum absolute atomic E-state index is 13.3. The summed E-state index contributed by atoms with van der Waals surface area (Å²) in [5.41, 5.74) is 1.52. The van der Waals surface area contributed by atoms with Gasteiger partial charge in [0.1, 0.15) is 23.9 Å². The van der Waals surface area contributed by atoms with E-state index in [1.807, 2.05) is 26.1 Å². The first-order chi connectivity index (χ1) is 10.1. The number of hydrogen-bond acceptors (Lipinski definition) is 3. The van der Waals surface area contributed by atoms with Crippen LogP contribution in [0.1, 0.15) is 22.6 Å². The quantitative estimate of drug-likeness (QED) is 0.878. The van der Waals surface area contributed by atoms with E-state index >= 15 is 0 Å². The smallest absolute Gasteiger partial charge is 0.124 e. The highest BCUT2D eigenvalue weighted by Gasteiger charge is 2.08. The third kappa shape index (κ3) is 4.45. The van der Waals surface area contributed by atoms with Crippen LogP contribution in [0.25, 0.3) is 0 Å². The molecule has 0 atom stereocenters. The van der Waals surface area contributed by atoms with Gasteiger partial charge in [-0.1, -0.05) is 17.9 Å². The van der Waals surface area contributed by atoms with E-state index in [-0.39, 0.29) is 12.4 Å². The largest absolute Gasteiger partial charge is 0.465 e. The number of benzene rings is 1. The molecular formula is C17H18FNO2. The third-order valence-electron chi connectivity index (χ3n) is 3.04. The van der Waals surface area contributed by atoms with Crippen molar-refractivity contribution in [3.63, 3.8) is 0 Å². The summed E-state index contributed by atoms with van der Waals surface area (Å²) in [4.78, 5) is 2.07. The Morgan fingerprint density at radius 2 is 2.05 bits per heavy atom. The molecule has 110 valence electrons. The fraction of sp³-hybridized carbons (Fsp3) is 0.294. The van der Waals surface area contributed by atoms with E-state index < -0.39 is 0 Å². The second-order valence-electron chi connectivity index (χ2n) is 4.95. The van der Waals surface area contributed by atoms with Crippen molar-refractivity contribution in [2.24, 2.45) is 0 Å². The Balaban J connectivity index is 2.11. The predicted octanol–water partition coefficient (Wildman–Crippen LogP) is 2.70. The van der Waals surface area contributed by atoms with E-state index in [4.69, 9.17) is 9.52 Å². The van der Waals surface area contributed by atoms with E-state index in [0.717, 1.165) is 17.1 Å². The molecule has 0 spiro atoms. The number of halogens is 1. The Labute approximate surface area is 124 Å². The highest BCUT2D eigenvalue weighted by molar-refractivity contribution is 5.41. The van der Waals surface area contributed by atoms with Crippen LogP contribution < -0.4 is 0 Å². The van der Waals surface area contributed by atoms with E-state index in [9.17, 15) is 4.39 Å². The van der Waals surface area contributed by atoms with Crippen LogP contribution in [-0.2, 0) is 13.1 Å². The molecule has 0 fully saturated rings. The minimum Gasteiger partial charge on any atom is -0.465 e. The van der Waals surface area contributed by atoms with Gasteiger partial charge in [-0.05, 0) is 43.8 Å². The molecule has 0 radical (unpaired) electrons. The number of aliphatic hydroxyl groups is 1. The topological polar surface area (TPSA) is 36.6 Å². The zero-order valence-electron chi connectivity index (χ0n) is 12.2. The zero-order chi connectivity index (χ0) is 15.2. The standard InChI is InChI=1S/C17H18FNO2/c1-13-5-8-17(21-13)12-19(2)11-15-6-7-16(18)10-14(15)4-3-9-20/h5-8,10,20H,9,11-12H2,1-2H3.